The van der Waals surface area contributed by atoms with Crippen molar-refractivity contribution < 1.29 is 50.1 Å². The first-order valence-electron chi connectivity index (χ1n) is 12.2. The number of fused-ring (bicyclic) bond motifs is 1. The summed E-state index contributed by atoms with van der Waals surface area (Å²) in [5.41, 5.74) is -0.0956. The first-order valence-corrected chi connectivity index (χ1v) is 12.9. The largest absolute Gasteiger partial charge is 0.573 e. The molecule has 2 amide bonds. The number of nitrogens with one attached hydrogen (secondary N) is 2. The lowest BCUT2D eigenvalue weighted by molar-refractivity contribution is -0.276. The van der Waals surface area contributed by atoms with E-state index in [0.717, 1.165) is 9.80 Å². The molecular weight excluding hydrogens is 637 g/mol. The number of anilines is 3. The number of hydrogen-bond donors (Lipinski definition) is 2. The first-order chi connectivity index (χ1) is 19.9. The van der Waals surface area contributed by atoms with Gasteiger partial charge in [-0.15, -0.1) is 26.3 Å². The molecule has 1 aromatic carbocycles. The van der Waals surface area contributed by atoms with Crippen molar-refractivity contribution in [3.63, 3.8) is 0 Å². The van der Waals surface area contributed by atoms with E-state index in [0.29, 0.717) is 12.2 Å². The van der Waals surface area contributed by atoms with E-state index in [-0.39, 0.29) is 54.4 Å². The number of hydrogen-bond acceptors (Lipinski definition) is 9. The zero-order chi connectivity index (χ0) is 31.9. The first kappa shape index (κ1) is 32.4. The minimum absolute atomic E-state index is 0.0915. The fourth-order valence-electron chi connectivity index (χ4n) is 4.21. The highest BCUT2D eigenvalue weighted by molar-refractivity contribution is 6.42. The van der Waals surface area contributed by atoms with E-state index < -0.39 is 52.5 Å². The zero-order valence-electron chi connectivity index (χ0n) is 22.2. The van der Waals surface area contributed by atoms with Crippen LogP contribution in [0.15, 0.2) is 24.4 Å². The molecule has 43 heavy (non-hydrogen) atoms. The van der Waals surface area contributed by atoms with Crippen molar-refractivity contribution in [1.29, 1.82) is 0 Å². The van der Waals surface area contributed by atoms with Crippen molar-refractivity contribution in [2.24, 2.45) is 0 Å². The number of benzene rings is 1. The van der Waals surface area contributed by atoms with Gasteiger partial charge < -0.3 is 24.8 Å². The molecule has 1 saturated heterocycles. The molecule has 2 unspecified atom stereocenters. The number of carbonyl (C=O) groups is 2. The van der Waals surface area contributed by atoms with Crippen LogP contribution in [0.4, 0.5) is 48.6 Å². The van der Waals surface area contributed by atoms with Gasteiger partial charge in [-0.05, 0) is 6.92 Å². The molecule has 0 spiro atoms. The van der Waals surface area contributed by atoms with Crippen molar-refractivity contribution in [2.45, 2.75) is 38.3 Å². The fourth-order valence-corrected chi connectivity index (χ4v) is 4.83. The fraction of sp³-hybridized carbons (Fsp3) is 0.417. The van der Waals surface area contributed by atoms with Crippen LogP contribution < -0.4 is 29.9 Å². The van der Waals surface area contributed by atoms with Gasteiger partial charge in [-0.1, -0.05) is 29.8 Å². The standard InChI is InChI=1S/C24H22Cl2F6N6O5/c1-10(11(2)39)5-33-13-8-41-9-14(13)35-21-34-6-12-7-38(22(40)37(3)20(12)36-21)19-17(25)15(42-23(27,28)29)4-16(18(19)26)43-24(30,31)32/h4,6,13-14,33H,1,5,7-9H2,2-3H3,(H,34,35,36). The molecule has 0 bridgehead atoms. The Labute approximate surface area is 249 Å². The van der Waals surface area contributed by atoms with E-state index in [2.05, 4.69) is 36.7 Å². The summed E-state index contributed by atoms with van der Waals surface area (Å²) in [5.74, 6) is -2.54. The van der Waals surface area contributed by atoms with Gasteiger partial charge in [-0.25, -0.2) is 9.78 Å². The minimum Gasteiger partial charge on any atom is -0.404 e. The number of amides is 2. The Morgan fingerprint density at radius 3 is 2.26 bits per heavy atom. The molecule has 2 aliphatic heterocycles. The van der Waals surface area contributed by atoms with Gasteiger partial charge in [0.1, 0.15) is 15.9 Å². The summed E-state index contributed by atoms with van der Waals surface area (Å²) in [6, 6.07) is -1.31. The van der Waals surface area contributed by atoms with Crippen LogP contribution in [-0.2, 0) is 16.1 Å². The molecule has 4 rings (SSSR count). The molecule has 2 atom stereocenters. The molecule has 1 fully saturated rings. The summed E-state index contributed by atoms with van der Waals surface area (Å²) in [5, 5.41) is 4.46. The lowest BCUT2D eigenvalue weighted by atomic mass is 10.1. The van der Waals surface area contributed by atoms with Gasteiger partial charge in [0.05, 0.1) is 37.5 Å². The molecule has 11 nitrogen and oxygen atoms in total. The number of rotatable bonds is 9. The quantitative estimate of drug-likeness (QED) is 0.281. The number of Topliss-reactive ketones (excluding diaryl/α,β-unsaturated/α-hetero) is 1. The van der Waals surface area contributed by atoms with Crippen LogP contribution in [0.3, 0.4) is 0 Å². The van der Waals surface area contributed by atoms with Crippen LogP contribution >= 0.6 is 23.2 Å². The van der Waals surface area contributed by atoms with Gasteiger partial charge in [-0.2, -0.15) is 4.98 Å². The SMILES string of the molecule is C=C(CNC1COCC1Nc1ncc2c(n1)N(C)C(=O)N(c1c(Cl)c(OC(F)(F)F)cc(OC(F)(F)F)c1Cl)C2)C(C)=O. The highest BCUT2D eigenvalue weighted by Crippen LogP contribution is 2.50. The molecule has 0 radical (unpaired) electrons. The normalized spacial score (nSPS) is 18.9. The van der Waals surface area contributed by atoms with Gasteiger partial charge in [0.15, 0.2) is 17.3 Å². The van der Waals surface area contributed by atoms with Gasteiger partial charge in [0, 0.05) is 37.0 Å². The van der Waals surface area contributed by atoms with Crippen molar-refractivity contribution in [1.82, 2.24) is 15.3 Å². The molecule has 234 valence electrons. The van der Waals surface area contributed by atoms with Gasteiger partial charge in [-0.3, -0.25) is 14.6 Å². The molecule has 0 saturated carbocycles. The Bertz CT molecular complexity index is 1400. The van der Waals surface area contributed by atoms with Crippen molar-refractivity contribution in [3.8, 4) is 11.5 Å². The maximum Gasteiger partial charge on any atom is 0.573 e. The summed E-state index contributed by atoms with van der Waals surface area (Å²) >= 11 is 12.2. The van der Waals surface area contributed by atoms with Crippen molar-refractivity contribution in [2.75, 3.05) is 41.9 Å². The number of ketones is 1. The average molecular weight is 659 g/mol. The van der Waals surface area contributed by atoms with Crippen LogP contribution in [0.2, 0.25) is 10.0 Å². The monoisotopic (exact) mass is 658 g/mol. The summed E-state index contributed by atoms with van der Waals surface area (Å²) in [4.78, 5) is 35.1. The second kappa shape index (κ2) is 12.2. The second-order valence-corrected chi connectivity index (χ2v) is 10.1. The summed E-state index contributed by atoms with van der Waals surface area (Å²) < 4.78 is 91.1. The number of aromatic nitrogens is 2. The Balaban J connectivity index is 1.63. The van der Waals surface area contributed by atoms with E-state index in [1.807, 2.05) is 0 Å². The Kier molecular flexibility index (Phi) is 9.20. The summed E-state index contributed by atoms with van der Waals surface area (Å²) in [6.45, 7) is 5.47. The maximum atomic E-state index is 13.4. The van der Waals surface area contributed by atoms with E-state index in [1.54, 1.807) is 0 Å². The lowest BCUT2D eigenvalue weighted by Gasteiger charge is -2.35. The van der Waals surface area contributed by atoms with E-state index in [4.69, 9.17) is 27.9 Å². The molecule has 1 aromatic heterocycles. The van der Waals surface area contributed by atoms with Crippen molar-refractivity contribution >= 4 is 52.5 Å². The Hall–Kier alpha value is -3.54. The van der Waals surface area contributed by atoms with Gasteiger partial charge in [0.25, 0.3) is 0 Å². The molecule has 19 heteroatoms. The smallest absolute Gasteiger partial charge is 0.404 e. The van der Waals surface area contributed by atoms with Crippen LogP contribution in [-0.4, -0.2) is 73.4 Å². The molecule has 2 aliphatic rings. The van der Waals surface area contributed by atoms with Crippen LogP contribution in [0, 0.1) is 0 Å². The molecule has 0 aliphatic carbocycles. The van der Waals surface area contributed by atoms with Gasteiger partial charge >= 0.3 is 18.8 Å². The number of ether oxygens (including phenoxy) is 3. The predicted molar refractivity (Wildman–Crippen MR) is 142 cm³/mol. The third kappa shape index (κ3) is 7.52. The van der Waals surface area contributed by atoms with Crippen LogP contribution in [0.25, 0.3) is 0 Å². The number of urea groups is 1. The number of alkyl halides is 6. The Morgan fingerprint density at radius 2 is 1.70 bits per heavy atom. The molecule has 2 aromatic rings. The molecule has 2 N–H and O–H groups in total. The van der Waals surface area contributed by atoms with Gasteiger partial charge in [0.2, 0.25) is 5.95 Å². The third-order valence-electron chi connectivity index (χ3n) is 6.31. The number of nitrogens with zero attached hydrogens (tertiary/aromatic N) is 4. The lowest BCUT2D eigenvalue weighted by Crippen LogP contribution is -2.47. The second-order valence-electron chi connectivity index (χ2n) is 9.35. The number of carbonyl (C=O) groups excluding carboxylic acids is 2. The minimum atomic E-state index is -5.35. The molecule has 3 heterocycles. The predicted octanol–water partition coefficient (Wildman–Crippen LogP) is 5.07. The summed E-state index contributed by atoms with van der Waals surface area (Å²) in [7, 11) is 1.27. The average Bonchev–Trinajstić information content (AvgIpc) is 3.33. The maximum absolute atomic E-state index is 13.4. The number of halogens is 8. The van der Waals surface area contributed by atoms with E-state index in [9.17, 15) is 35.9 Å². The van der Waals surface area contributed by atoms with Crippen molar-refractivity contribution in [3.05, 3.63) is 40.0 Å². The van der Waals surface area contributed by atoms with E-state index >= 15 is 0 Å². The van der Waals surface area contributed by atoms with Crippen LogP contribution in [0.1, 0.15) is 12.5 Å². The molecular formula is C24H22Cl2F6N6O5. The highest BCUT2D eigenvalue weighted by Gasteiger charge is 2.40. The zero-order valence-corrected chi connectivity index (χ0v) is 23.7. The summed E-state index contributed by atoms with van der Waals surface area (Å²) in [6.07, 6.45) is -9.39. The Morgan fingerprint density at radius 1 is 1.12 bits per heavy atom. The topological polar surface area (TPSA) is 118 Å². The third-order valence-corrected chi connectivity index (χ3v) is 7.04. The van der Waals surface area contributed by atoms with Crippen LogP contribution in [0.5, 0.6) is 11.5 Å². The highest BCUT2D eigenvalue weighted by atomic mass is 35.5. The van der Waals surface area contributed by atoms with E-state index in [1.165, 1.54) is 20.2 Å².